The molecule has 1 aromatic heterocycles. The predicted molar refractivity (Wildman–Crippen MR) is 81.9 cm³/mol. The summed E-state index contributed by atoms with van der Waals surface area (Å²) in [4.78, 5) is 8.74. The first-order chi connectivity index (χ1) is 9.22. The van der Waals surface area contributed by atoms with E-state index in [0.717, 1.165) is 18.5 Å². The zero-order chi connectivity index (χ0) is 13.2. The van der Waals surface area contributed by atoms with Gasteiger partial charge in [-0.15, -0.1) is 11.3 Å². The molecule has 0 amide bonds. The van der Waals surface area contributed by atoms with Crippen LogP contribution in [0.5, 0.6) is 0 Å². The molecule has 106 valence electrons. The fraction of sp³-hybridized carbons (Fsp3) is 0.800. The third-order valence-corrected chi connectivity index (χ3v) is 5.52. The van der Waals surface area contributed by atoms with E-state index < -0.39 is 0 Å². The average molecular weight is 279 g/mol. The molecule has 3 rings (SSSR count). The van der Waals surface area contributed by atoms with Gasteiger partial charge in [0.2, 0.25) is 0 Å². The second-order valence-corrected chi connectivity index (χ2v) is 7.25. The fourth-order valence-corrected chi connectivity index (χ4v) is 3.75. The summed E-state index contributed by atoms with van der Waals surface area (Å²) < 4.78 is 0. The number of hydrogen-bond acceptors (Lipinski definition) is 4. The largest absolute Gasteiger partial charge is 0.348 e. The van der Waals surface area contributed by atoms with Crippen molar-refractivity contribution in [2.45, 2.75) is 58.5 Å². The average Bonchev–Trinajstić information content (AvgIpc) is 3.17. The maximum atomic E-state index is 4.80. The van der Waals surface area contributed by atoms with Crippen LogP contribution < -0.4 is 10.2 Å². The molecule has 4 heteroatoms. The van der Waals surface area contributed by atoms with Crippen molar-refractivity contribution in [3.05, 3.63) is 10.6 Å². The topological polar surface area (TPSA) is 28.2 Å². The number of nitrogens with one attached hydrogen (secondary N) is 1. The molecule has 1 aliphatic heterocycles. The van der Waals surface area contributed by atoms with Gasteiger partial charge < -0.3 is 10.2 Å². The Bertz CT molecular complexity index is 425. The highest BCUT2D eigenvalue weighted by molar-refractivity contribution is 7.15. The number of rotatable bonds is 4. The lowest BCUT2D eigenvalue weighted by Crippen LogP contribution is -2.23. The predicted octanol–water partition coefficient (Wildman–Crippen LogP) is 3.33. The fourth-order valence-electron chi connectivity index (χ4n) is 2.69. The number of aromatic nitrogens is 1. The van der Waals surface area contributed by atoms with Crippen LogP contribution in [-0.2, 0) is 6.54 Å². The van der Waals surface area contributed by atoms with E-state index in [1.807, 2.05) is 11.3 Å². The summed E-state index contributed by atoms with van der Waals surface area (Å²) in [5.74, 6) is 0.877. The van der Waals surface area contributed by atoms with E-state index in [-0.39, 0.29) is 0 Å². The van der Waals surface area contributed by atoms with Gasteiger partial charge >= 0.3 is 0 Å². The zero-order valence-corrected chi connectivity index (χ0v) is 12.9. The van der Waals surface area contributed by atoms with Gasteiger partial charge in [0.15, 0.2) is 5.13 Å². The van der Waals surface area contributed by atoms with Crippen LogP contribution in [0.25, 0.3) is 0 Å². The van der Waals surface area contributed by atoms with Gasteiger partial charge in [-0.25, -0.2) is 4.98 Å². The second-order valence-electron chi connectivity index (χ2n) is 6.18. The Hall–Kier alpha value is -0.610. The highest BCUT2D eigenvalue weighted by Gasteiger charge is 2.22. The van der Waals surface area contributed by atoms with E-state index in [1.54, 1.807) is 0 Å². The highest BCUT2D eigenvalue weighted by Crippen LogP contribution is 2.29. The zero-order valence-electron chi connectivity index (χ0n) is 12.1. The lowest BCUT2D eigenvalue weighted by molar-refractivity contribution is 0.521. The smallest absolute Gasteiger partial charge is 0.185 e. The summed E-state index contributed by atoms with van der Waals surface area (Å²) in [6.45, 7) is 7.92. The molecule has 0 spiro atoms. The molecule has 1 atom stereocenters. The molecular weight excluding hydrogens is 254 g/mol. The van der Waals surface area contributed by atoms with Gasteiger partial charge in [-0.05, 0) is 44.9 Å². The van der Waals surface area contributed by atoms with Crippen molar-refractivity contribution in [3.8, 4) is 0 Å². The minimum Gasteiger partial charge on any atom is -0.348 e. The monoisotopic (exact) mass is 279 g/mol. The molecule has 1 N–H and O–H groups in total. The Morgan fingerprint density at radius 2 is 2.11 bits per heavy atom. The van der Waals surface area contributed by atoms with Crippen molar-refractivity contribution in [1.82, 2.24) is 10.3 Å². The summed E-state index contributed by atoms with van der Waals surface area (Å²) in [6.07, 6.45) is 6.71. The molecule has 2 fully saturated rings. The van der Waals surface area contributed by atoms with Gasteiger partial charge in [0.25, 0.3) is 0 Å². The second kappa shape index (κ2) is 5.80. The standard InChI is InChI=1S/C15H25N3S/c1-11-4-3-8-18(9-7-11)15-17-12(2)14(19-15)10-16-13-5-6-13/h11,13,16H,3-10H2,1-2H3. The van der Waals surface area contributed by atoms with E-state index in [9.17, 15) is 0 Å². The van der Waals surface area contributed by atoms with Crippen LogP contribution >= 0.6 is 11.3 Å². The molecule has 1 saturated heterocycles. The van der Waals surface area contributed by atoms with E-state index >= 15 is 0 Å². The molecule has 1 aromatic rings. The third-order valence-electron chi connectivity index (χ3n) is 4.30. The van der Waals surface area contributed by atoms with Crippen molar-refractivity contribution in [1.29, 1.82) is 0 Å². The van der Waals surface area contributed by atoms with Crippen molar-refractivity contribution in [3.63, 3.8) is 0 Å². The van der Waals surface area contributed by atoms with Crippen molar-refractivity contribution in [2.24, 2.45) is 5.92 Å². The minimum atomic E-state index is 0.781. The Labute approximate surface area is 120 Å². The van der Waals surface area contributed by atoms with Gasteiger partial charge in [-0.1, -0.05) is 6.92 Å². The molecule has 19 heavy (non-hydrogen) atoms. The number of anilines is 1. The third kappa shape index (κ3) is 3.48. The molecule has 2 aliphatic rings. The molecule has 0 bridgehead atoms. The van der Waals surface area contributed by atoms with Gasteiger partial charge in [-0.2, -0.15) is 0 Å². The Kier molecular flexibility index (Phi) is 4.08. The number of hydrogen-bond donors (Lipinski definition) is 1. The number of thiazole rings is 1. The van der Waals surface area contributed by atoms with Gasteiger partial charge in [-0.3, -0.25) is 0 Å². The molecular formula is C15H25N3S. The molecule has 0 radical (unpaired) electrons. The lowest BCUT2D eigenvalue weighted by atomic mass is 10.0. The van der Waals surface area contributed by atoms with Crippen LogP contribution in [0.3, 0.4) is 0 Å². The normalized spacial score (nSPS) is 24.5. The lowest BCUT2D eigenvalue weighted by Gasteiger charge is -2.18. The van der Waals surface area contributed by atoms with E-state index in [1.165, 1.54) is 60.9 Å². The summed E-state index contributed by atoms with van der Waals surface area (Å²) in [5, 5.41) is 4.85. The van der Waals surface area contributed by atoms with Crippen LogP contribution in [0, 0.1) is 12.8 Å². The van der Waals surface area contributed by atoms with Crippen LogP contribution in [0.15, 0.2) is 0 Å². The molecule has 1 unspecified atom stereocenters. The number of nitrogens with zero attached hydrogens (tertiary/aromatic N) is 2. The highest BCUT2D eigenvalue weighted by atomic mass is 32.1. The molecule has 3 nitrogen and oxygen atoms in total. The summed E-state index contributed by atoms with van der Waals surface area (Å²) >= 11 is 1.90. The van der Waals surface area contributed by atoms with Gasteiger partial charge in [0, 0.05) is 30.6 Å². The molecule has 0 aromatic carbocycles. The maximum absolute atomic E-state index is 4.80. The summed E-state index contributed by atoms with van der Waals surface area (Å²) in [6, 6.07) is 0.781. The first-order valence-electron chi connectivity index (χ1n) is 7.67. The first-order valence-corrected chi connectivity index (χ1v) is 8.48. The summed E-state index contributed by atoms with van der Waals surface area (Å²) in [7, 11) is 0. The van der Waals surface area contributed by atoms with E-state index in [2.05, 4.69) is 24.1 Å². The van der Waals surface area contributed by atoms with E-state index in [4.69, 9.17) is 4.98 Å². The van der Waals surface area contributed by atoms with Gasteiger partial charge in [0.05, 0.1) is 5.69 Å². The van der Waals surface area contributed by atoms with Crippen molar-refractivity contribution >= 4 is 16.5 Å². The summed E-state index contributed by atoms with van der Waals surface area (Å²) in [5.41, 5.74) is 1.23. The number of aryl methyl sites for hydroxylation is 1. The molecule has 1 aliphatic carbocycles. The Morgan fingerprint density at radius 3 is 2.89 bits per heavy atom. The first kappa shape index (κ1) is 13.4. The Morgan fingerprint density at radius 1 is 1.26 bits per heavy atom. The SMILES string of the molecule is Cc1nc(N2CCCC(C)CC2)sc1CNC1CC1. The quantitative estimate of drug-likeness (QED) is 0.916. The Balaban J connectivity index is 1.64. The molecule has 2 heterocycles. The van der Waals surface area contributed by atoms with Crippen LogP contribution in [0.1, 0.15) is 49.6 Å². The van der Waals surface area contributed by atoms with Crippen molar-refractivity contribution < 1.29 is 0 Å². The van der Waals surface area contributed by atoms with Crippen molar-refractivity contribution in [2.75, 3.05) is 18.0 Å². The molecule has 1 saturated carbocycles. The maximum Gasteiger partial charge on any atom is 0.185 e. The van der Waals surface area contributed by atoms with Crippen LogP contribution in [-0.4, -0.2) is 24.1 Å². The van der Waals surface area contributed by atoms with E-state index in [0.29, 0.717) is 0 Å². The van der Waals surface area contributed by atoms with Crippen LogP contribution in [0.2, 0.25) is 0 Å². The van der Waals surface area contributed by atoms with Crippen LogP contribution in [0.4, 0.5) is 5.13 Å². The minimum absolute atomic E-state index is 0.781. The van der Waals surface area contributed by atoms with Gasteiger partial charge in [0.1, 0.15) is 0 Å².